The molecule has 0 fully saturated rings. The highest BCUT2D eigenvalue weighted by Crippen LogP contribution is 2.27. The molecule has 2 aromatic rings. The molecule has 0 unspecified atom stereocenters. The minimum Gasteiger partial charge on any atom is -0.506 e. The third-order valence-corrected chi connectivity index (χ3v) is 3.00. The van der Waals surface area contributed by atoms with Crippen molar-refractivity contribution in [2.45, 2.75) is 0 Å². The van der Waals surface area contributed by atoms with Crippen molar-refractivity contribution in [2.24, 2.45) is 0 Å². The smallest absolute Gasteiger partial charge is 0.255 e. The van der Waals surface area contributed by atoms with Gasteiger partial charge >= 0.3 is 0 Å². The Morgan fingerprint density at radius 2 is 1.58 bits per heavy atom. The number of carbonyl (C=O) groups is 1. The van der Waals surface area contributed by atoms with Gasteiger partial charge in [-0.1, -0.05) is 34.8 Å². The van der Waals surface area contributed by atoms with Gasteiger partial charge in [0.25, 0.3) is 5.91 Å². The summed E-state index contributed by atoms with van der Waals surface area (Å²) in [6, 6.07) is 8.83. The standard InChI is InChI=1S/C13H8Cl3NO2/c14-8-1-2-12(18)11(6-8)17-13(19)7-3-9(15)5-10(16)4-7/h1-6,18H,(H,17,19). The van der Waals surface area contributed by atoms with E-state index in [-0.39, 0.29) is 17.0 Å². The van der Waals surface area contributed by atoms with Gasteiger partial charge < -0.3 is 10.4 Å². The highest BCUT2D eigenvalue weighted by Gasteiger charge is 2.11. The summed E-state index contributed by atoms with van der Waals surface area (Å²) in [7, 11) is 0. The van der Waals surface area contributed by atoms with Crippen LogP contribution in [0.2, 0.25) is 15.1 Å². The Balaban J connectivity index is 2.28. The molecule has 0 heterocycles. The van der Waals surface area contributed by atoms with Crippen molar-refractivity contribution in [2.75, 3.05) is 5.32 Å². The lowest BCUT2D eigenvalue weighted by atomic mass is 10.2. The largest absolute Gasteiger partial charge is 0.506 e. The number of carbonyl (C=O) groups excluding carboxylic acids is 1. The van der Waals surface area contributed by atoms with E-state index < -0.39 is 5.91 Å². The molecule has 0 bridgehead atoms. The predicted octanol–water partition coefficient (Wildman–Crippen LogP) is 4.60. The highest BCUT2D eigenvalue weighted by atomic mass is 35.5. The summed E-state index contributed by atoms with van der Waals surface area (Å²) in [5.74, 6) is -0.521. The zero-order chi connectivity index (χ0) is 14.0. The Bertz CT molecular complexity index is 624. The zero-order valence-corrected chi connectivity index (χ0v) is 11.7. The first-order valence-corrected chi connectivity index (χ1v) is 6.35. The summed E-state index contributed by atoms with van der Waals surface area (Å²) in [5.41, 5.74) is 0.505. The van der Waals surface area contributed by atoms with Gasteiger partial charge in [0.1, 0.15) is 5.75 Å². The van der Waals surface area contributed by atoms with E-state index in [1.54, 1.807) is 0 Å². The molecule has 0 spiro atoms. The van der Waals surface area contributed by atoms with Crippen molar-refractivity contribution in [3.8, 4) is 5.75 Å². The number of hydrogen-bond acceptors (Lipinski definition) is 2. The SMILES string of the molecule is O=C(Nc1cc(Cl)ccc1O)c1cc(Cl)cc(Cl)c1. The van der Waals surface area contributed by atoms with Crippen molar-refractivity contribution in [3.05, 3.63) is 57.0 Å². The summed E-state index contributed by atoms with van der Waals surface area (Å²) in [6.07, 6.45) is 0. The normalized spacial score (nSPS) is 10.3. The fraction of sp³-hybridized carbons (Fsp3) is 0. The molecule has 0 atom stereocenters. The molecule has 0 aliphatic carbocycles. The number of benzene rings is 2. The lowest BCUT2D eigenvalue weighted by molar-refractivity contribution is 0.102. The fourth-order valence-corrected chi connectivity index (χ4v) is 2.19. The molecule has 0 saturated carbocycles. The van der Waals surface area contributed by atoms with Crippen LogP contribution in [0.5, 0.6) is 5.75 Å². The molecule has 3 nitrogen and oxygen atoms in total. The first-order valence-electron chi connectivity index (χ1n) is 5.21. The van der Waals surface area contributed by atoms with Gasteiger partial charge in [-0.05, 0) is 36.4 Å². The Hall–Kier alpha value is -1.42. The van der Waals surface area contributed by atoms with Crippen LogP contribution in [0.15, 0.2) is 36.4 Å². The van der Waals surface area contributed by atoms with Crippen LogP contribution in [0.1, 0.15) is 10.4 Å². The molecule has 0 radical (unpaired) electrons. The summed E-state index contributed by atoms with van der Waals surface area (Å²) < 4.78 is 0. The second kappa shape index (κ2) is 5.70. The first kappa shape index (κ1) is 14.0. The summed E-state index contributed by atoms with van der Waals surface area (Å²) in [4.78, 5) is 12.0. The first-order chi connectivity index (χ1) is 8.95. The Labute approximate surface area is 124 Å². The number of hydrogen-bond donors (Lipinski definition) is 2. The molecule has 98 valence electrons. The van der Waals surface area contributed by atoms with Crippen LogP contribution < -0.4 is 5.32 Å². The molecule has 0 aliphatic rings. The van der Waals surface area contributed by atoms with Crippen LogP contribution >= 0.6 is 34.8 Å². The lowest BCUT2D eigenvalue weighted by Crippen LogP contribution is -2.12. The summed E-state index contributed by atoms with van der Waals surface area (Å²) in [5, 5.41) is 13.3. The average molecular weight is 317 g/mol. The molecule has 1 amide bonds. The van der Waals surface area contributed by atoms with Gasteiger partial charge in [-0.25, -0.2) is 0 Å². The molecule has 0 saturated heterocycles. The number of amides is 1. The Kier molecular flexibility index (Phi) is 4.20. The monoisotopic (exact) mass is 315 g/mol. The molecular weight excluding hydrogens is 309 g/mol. The molecule has 0 aliphatic heterocycles. The van der Waals surface area contributed by atoms with E-state index in [0.717, 1.165) is 0 Å². The Morgan fingerprint density at radius 1 is 0.947 bits per heavy atom. The van der Waals surface area contributed by atoms with E-state index in [4.69, 9.17) is 34.8 Å². The highest BCUT2D eigenvalue weighted by molar-refractivity contribution is 6.35. The van der Waals surface area contributed by atoms with E-state index in [1.165, 1.54) is 36.4 Å². The van der Waals surface area contributed by atoms with Crippen LogP contribution in [0.25, 0.3) is 0 Å². The second-order valence-corrected chi connectivity index (χ2v) is 5.08. The predicted molar refractivity (Wildman–Crippen MR) is 77.5 cm³/mol. The van der Waals surface area contributed by atoms with Crippen molar-refractivity contribution in [1.29, 1.82) is 0 Å². The third-order valence-electron chi connectivity index (χ3n) is 2.33. The molecule has 2 rings (SSSR count). The average Bonchev–Trinajstić information content (AvgIpc) is 2.32. The van der Waals surface area contributed by atoms with Crippen LogP contribution in [0, 0.1) is 0 Å². The van der Waals surface area contributed by atoms with Crippen LogP contribution in [0.4, 0.5) is 5.69 Å². The van der Waals surface area contributed by atoms with Crippen LogP contribution in [-0.4, -0.2) is 11.0 Å². The quantitative estimate of drug-likeness (QED) is 0.795. The third kappa shape index (κ3) is 3.53. The summed E-state index contributed by atoms with van der Waals surface area (Å²) in [6.45, 7) is 0. The number of phenolic OH excluding ortho intramolecular Hbond substituents is 1. The fourth-order valence-electron chi connectivity index (χ4n) is 1.49. The molecule has 2 N–H and O–H groups in total. The van der Waals surface area contributed by atoms with E-state index in [9.17, 15) is 9.90 Å². The minimum atomic E-state index is -0.443. The maximum Gasteiger partial charge on any atom is 0.255 e. The summed E-state index contributed by atoms with van der Waals surface area (Å²) >= 11 is 17.4. The molecule has 2 aromatic carbocycles. The van der Waals surface area contributed by atoms with E-state index in [1.807, 2.05) is 0 Å². The van der Waals surface area contributed by atoms with Gasteiger partial charge in [0, 0.05) is 20.6 Å². The van der Waals surface area contributed by atoms with Gasteiger partial charge in [0.15, 0.2) is 0 Å². The van der Waals surface area contributed by atoms with Crippen LogP contribution in [-0.2, 0) is 0 Å². The van der Waals surface area contributed by atoms with Crippen LogP contribution in [0.3, 0.4) is 0 Å². The number of halogens is 3. The molecular formula is C13H8Cl3NO2. The lowest BCUT2D eigenvalue weighted by Gasteiger charge is -2.08. The second-order valence-electron chi connectivity index (χ2n) is 3.77. The van der Waals surface area contributed by atoms with E-state index >= 15 is 0 Å². The zero-order valence-electron chi connectivity index (χ0n) is 9.45. The Morgan fingerprint density at radius 3 is 2.21 bits per heavy atom. The van der Waals surface area contributed by atoms with Gasteiger partial charge in [-0.15, -0.1) is 0 Å². The van der Waals surface area contributed by atoms with Gasteiger partial charge in [0.05, 0.1) is 5.69 Å². The molecule has 19 heavy (non-hydrogen) atoms. The number of phenols is 1. The number of rotatable bonds is 2. The van der Waals surface area contributed by atoms with Crippen molar-refractivity contribution in [3.63, 3.8) is 0 Å². The maximum absolute atomic E-state index is 12.0. The molecule has 0 aromatic heterocycles. The van der Waals surface area contributed by atoms with Crippen molar-refractivity contribution < 1.29 is 9.90 Å². The van der Waals surface area contributed by atoms with Gasteiger partial charge in [-0.3, -0.25) is 4.79 Å². The molecule has 6 heteroatoms. The van der Waals surface area contributed by atoms with E-state index in [0.29, 0.717) is 15.1 Å². The maximum atomic E-state index is 12.0. The number of nitrogens with one attached hydrogen (secondary N) is 1. The number of anilines is 1. The minimum absolute atomic E-state index is 0.0779. The van der Waals surface area contributed by atoms with Gasteiger partial charge in [-0.2, -0.15) is 0 Å². The van der Waals surface area contributed by atoms with Crippen molar-refractivity contribution in [1.82, 2.24) is 0 Å². The van der Waals surface area contributed by atoms with Gasteiger partial charge in [0.2, 0.25) is 0 Å². The number of aromatic hydroxyl groups is 1. The van der Waals surface area contributed by atoms with E-state index in [2.05, 4.69) is 5.32 Å². The van der Waals surface area contributed by atoms with Crippen molar-refractivity contribution >= 4 is 46.4 Å². The topological polar surface area (TPSA) is 49.3 Å².